The number of nitrogens with zero attached hydrogens (tertiary/aromatic N) is 3. The van der Waals surface area contributed by atoms with Crippen LogP contribution in [-0.4, -0.2) is 19.9 Å². The second kappa shape index (κ2) is 5.75. The molecule has 4 heteroatoms. The molecule has 0 radical (unpaired) electrons. The summed E-state index contributed by atoms with van der Waals surface area (Å²) in [5.74, 6) is 2.91. The largest absolute Gasteiger partial charge is 0.388 e. The van der Waals surface area contributed by atoms with E-state index < -0.39 is 0 Å². The number of rotatable bonds is 3. The van der Waals surface area contributed by atoms with Gasteiger partial charge in [-0.2, -0.15) is 0 Å². The van der Waals surface area contributed by atoms with Gasteiger partial charge in [0.2, 0.25) is 0 Å². The van der Waals surface area contributed by atoms with Gasteiger partial charge < -0.3 is 5.11 Å². The summed E-state index contributed by atoms with van der Waals surface area (Å²) in [6, 6.07) is 10.1. The lowest BCUT2D eigenvalue weighted by Gasteiger charge is -2.26. The van der Waals surface area contributed by atoms with Crippen molar-refractivity contribution < 1.29 is 5.11 Å². The zero-order valence-electron chi connectivity index (χ0n) is 11.9. The van der Waals surface area contributed by atoms with E-state index in [9.17, 15) is 5.11 Å². The molecule has 1 aliphatic carbocycles. The van der Waals surface area contributed by atoms with Crippen molar-refractivity contribution in [2.24, 2.45) is 5.92 Å². The molecule has 0 spiro atoms. The fourth-order valence-corrected chi connectivity index (χ4v) is 3.07. The van der Waals surface area contributed by atoms with Crippen molar-refractivity contribution in [3.8, 4) is 5.69 Å². The zero-order valence-corrected chi connectivity index (χ0v) is 11.9. The van der Waals surface area contributed by atoms with Crippen molar-refractivity contribution in [1.82, 2.24) is 14.8 Å². The summed E-state index contributed by atoms with van der Waals surface area (Å²) in [5.41, 5.74) is 1.04. The van der Waals surface area contributed by atoms with Gasteiger partial charge in [-0.05, 0) is 30.9 Å². The van der Waals surface area contributed by atoms with E-state index in [1.165, 1.54) is 12.8 Å². The fraction of sp³-hybridized carbons (Fsp3) is 0.500. The van der Waals surface area contributed by atoms with E-state index >= 15 is 0 Å². The number of aliphatic hydroxyl groups excluding tert-OH is 1. The SMILES string of the molecule is CC1CCC(c2nnc(CO)n2-c2ccccc2)CC1. The lowest BCUT2D eigenvalue weighted by molar-refractivity contribution is 0.268. The molecular weight excluding hydrogens is 250 g/mol. The van der Waals surface area contributed by atoms with Gasteiger partial charge in [0.25, 0.3) is 0 Å². The summed E-state index contributed by atoms with van der Waals surface area (Å²) in [5, 5.41) is 18.0. The van der Waals surface area contributed by atoms with Crippen LogP contribution >= 0.6 is 0 Å². The third-order valence-corrected chi connectivity index (χ3v) is 4.29. The summed E-state index contributed by atoms with van der Waals surface area (Å²) in [4.78, 5) is 0. The highest BCUT2D eigenvalue weighted by atomic mass is 16.3. The van der Waals surface area contributed by atoms with Crippen LogP contribution in [0.5, 0.6) is 0 Å². The molecule has 0 amide bonds. The summed E-state index contributed by atoms with van der Waals surface area (Å²) < 4.78 is 2.03. The van der Waals surface area contributed by atoms with Crippen LogP contribution in [0.3, 0.4) is 0 Å². The summed E-state index contributed by atoms with van der Waals surface area (Å²) >= 11 is 0. The highest BCUT2D eigenvalue weighted by Crippen LogP contribution is 2.35. The quantitative estimate of drug-likeness (QED) is 0.933. The molecule has 0 atom stereocenters. The van der Waals surface area contributed by atoms with Gasteiger partial charge in [0.05, 0.1) is 0 Å². The third-order valence-electron chi connectivity index (χ3n) is 4.29. The lowest BCUT2D eigenvalue weighted by Crippen LogP contribution is -2.16. The Bertz CT molecular complexity index is 556. The molecule has 1 aromatic heterocycles. The molecule has 1 aromatic carbocycles. The topological polar surface area (TPSA) is 50.9 Å². The minimum Gasteiger partial charge on any atom is -0.388 e. The Morgan fingerprint density at radius 1 is 1.10 bits per heavy atom. The first-order valence-corrected chi connectivity index (χ1v) is 7.40. The average Bonchev–Trinajstić information content (AvgIpc) is 2.93. The predicted molar refractivity (Wildman–Crippen MR) is 77.7 cm³/mol. The molecule has 1 fully saturated rings. The van der Waals surface area contributed by atoms with Crippen LogP contribution < -0.4 is 0 Å². The van der Waals surface area contributed by atoms with Crippen molar-refractivity contribution in [2.75, 3.05) is 0 Å². The van der Waals surface area contributed by atoms with E-state index in [4.69, 9.17) is 0 Å². The van der Waals surface area contributed by atoms with E-state index in [0.717, 1.165) is 30.3 Å². The molecular formula is C16H21N3O. The van der Waals surface area contributed by atoms with Gasteiger partial charge >= 0.3 is 0 Å². The van der Waals surface area contributed by atoms with Gasteiger partial charge in [0, 0.05) is 11.6 Å². The molecule has 0 unspecified atom stereocenters. The van der Waals surface area contributed by atoms with Gasteiger partial charge in [-0.15, -0.1) is 10.2 Å². The molecule has 4 nitrogen and oxygen atoms in total. The molecule has 3 rings (SSSR count). The lowest BCUT2D eigenvalue weighted by atomic mass is 9.82. The molecule has 0 aliphatic heterocycles. The Balaban J connectivity index is 1.98. The Morgan fingerprint density at radius 2 is 1.80 bits per heavy atom. The Morgan fingerprint density at radius 3 is 2.45 bits per heavy atom. The van der Waals surface area contributed by atoms with Crippen LogP contribution in [0.25, 0.3) is 5.69 Å². The minimum atomic E-state index is -0.0784. The highest BCUT2D eigenvalue weighted by molar-refractivity contribution is 5.34. The number of para-hydroxylation sites is 1. The van der Waals surface area contributed by atoms with Crippen molar-refractivity contribution in [1.29, 1.82) is 0 Å². The van der Waals surface area contributed by atoms with Gasteiger partial charge in [-0.25, -0.2) is 0 Å². The molecule has 0 saturated heterocycles. The predicted octanol–water partition coefficient (Wildman–Crippen LogP) is 3.05. The smallest absolute Gasteiger partial charge is 0.163 e. The number of hydrogen-bond acceptors (Lipinski definition) is 3. The normalized spacial score (nSPS) is 22.9. The molecule has 0 bridgehead atoms. The van der Waals surface area contributed by atoms with Crippen molar-refractivity contribution in [2.45, 2.75) is 45.1 Å². The number of hydrogen-bond donors (Lipinski definition) is 1. The van der Waals surface area contributed by atoms with Crippen LogP contribution in [0.15, 0.2) is 30.3 Å². The highest BCUT2D eigenvalue weighted by Gasteiger charge is 2.26. The van der Waals surface area contributed by atoms with E-state index in [1.807, 2.05) is 34.9 Å². The summed E-state index contributed by atoms with van der Waals surface area (Å²) in [6.07, 6.45) is 4.83. The number of benzene rings is 1. The van der Waals surface area contributed by atoms with Gasteiger partial charge in [-0.3, -0.25) is 4.57 Å². The van der Waals surface area contributed by atoms with Crippen LogP contribution in [0.1, 0.15) is 50.2 Å². The molecule has 1 aliphatic rings. The minimum absolute atomic E-state index is 0.0784. The molecule has 1 heterocycles. The molecule has 20 heavy (non-hydrogen) atoms. The maximum Gasteiger partial charge on any atom is 0.163 e. The number of aromatic nitrogens is 3. The van der Waals surface area contributed by atoms with E-state index in [-0.39, 0.29) is 6.61 Å². The fourth-order valence-electron chi connectivity index (χ4n) is 3.07. The Labute approximate surface area is 119 Å². The second-order valence-electron chi connectivity index (χ2n) is 5.76. The first-order valence-electron chi connectivity index (χ1n) is 7.40. The summed E-state index contributed by atoms with van der Waals surface area (Å²) in [6.45, 7) is 2.24. The van der Waals surface area contributed by atoms with Crippen LogP contribution in [-0.2, 0) is 6.61 Å². The third kappa shape index (κ3) is 2.48. The van der Waals surface area contributed by atoms with Crippen molar-refractivity contribution in [3.63, 3.8) is 0 Å². The number of aliphatic hydroxyl groups is 1. The van der Waals surface area contributed by atoms with E-state index in [0.29, 0.717) is 11.7 Å². The van der Waals surface area contributed by atoms with Crippen LogP contribution in [0.2, 0.25) is 0 Å². The van der Waals surface area contributed by atoms with Gasteiger partial charge in [0.15, 0.2) is 5.82 Å². The van der Waals surface area contributed by atoms with Gasteiger partial charge in [-0.1, -0.05) is 38.0 Å². The first kappa shape index (κ1) is 13.3. The summed E-state index contributed by atoms with van der Waals surface area (Å²) in [7, 11) is 0. The molecule has 1 N–H and O–H groups in total. The van der Waals surface area contributed by atoms with Crippen LogP contribution in [0.4, 0.5) is 0 Å². The Hall–Kier alpha value is -1.68. The second-order valence-corrected chi connectivity index (χ2v) is 5.76. The monoisotopic (exact) mass is 271 g/mol. The maximum atomic E-state index is 9.51. The first-order chi connectivity index (χ1) is 9.79. The van der Waals surface area contributed by atoms with Crippen molar-refractivity contribution in [3.05, 3.63) is 42.0 Å². The Kier molecular flexibility index (Phi) is 3.83. The average molecular weight is 271 g/mol. The van der Waals surface area contributed by atoms with E-state index in [1.54, 1.807) is 0 Å². The molecule has 2 aromatic rings. The maximum absolute atomic E-state index is 9.51. The molecule has 1 saturated carbocycles. The van der Waals surface area contributed by atoms with E-state index in [2.05, 4.69) is 17.1 Å². The zero-order chi connectivity index (χ0) is 13.9. The van der Waals surface area contributed by atoms with Crippen LogP contribution in [0, 0.1) is 5.92 Å². The standard InChI is InChI=1S/C16H21N3O/c1-12-7-9-13(10-8-12)16-18-17-15(11-20)19(16)14-5-3-2-4-6-14/h2-6,12-13,20H,7-11H2,1H3. The molecule has 106 valence electrons. The van der Waals surface area contributed by atoms with Crippen molar-refractivity contribution >= 4 is 0 Å². The van der Waals surface area contributed by atoms with Gasteiger partial charge in [0.1, 0.15) is 12.4 Å².